The molecule has 0 saturated heterocycles. The lowest BCUT2D eigenvalue weighted by Gasteiger charge is -2.31. The zero-order valence-corrected chi connectivity index (χ0v) is 23.3. The summed E-state index contributed by atoms with van der Waals surface area (Å²) < 4.78 is 30.9. The Morgan fingerprint density at radius 2 is 1.33 bits per heavy atom. The number of hydrogen-bond acceptors (Lipinski definition) is 11. The van der Waals surface area contributed by atoms with Crippen molar-refractivity contribution in [2.75, 3.05) is 19.8 Å². The van der Waals surface area contributed by atoms with Crippen molar-refractivity contribution in [3.8, 4) is 11.5 Å². The summed E-state index contributed by atoms with van der Waals surface area (Å²) in [6.45, 7) is 9.39. The second-order valence-electron chi connectivity index (χ2n) is 8.98. The normalized spacial score (nSPS) is 13.8. The van der Waals surface area contributed by atoms with E-state index >= 15 is 0 Å². The first kappa shape index (κ1) is 33.5. The molecule has 0 saturated carbocycles. The standard InChI is InChI=1S/C27H41NO11/c1-6-9-14-35-26(32)38-20-12-11-19(16-21(20)39-27(33)36-15-10-7-2)22(23(28)24(29)30)17(4)18(5)37-25(31)34-13-8-3/h11-12,16-18,22-23H,6-10,13-15,28H2,1-5H3,(H,29,30)/t17?,18?,22?,23-/m0/s1. The Labute approximate surface area is 229 Å². The van der Waals surface area contributed by atoms with E-state index in [4.69, 9.17) is 34.2 Å². The Balaban J connectivity index is 3.34. The maximum Gasteiger partial charge on any atom is 0.513 e. The van der Waals surface area contributed by atoms with Gasteiger partial charge in [0.25, 0.3) is 0 Å². The van der Waals surface area contributed by atoms with Crippen LogP contribution in [0.3, 0.4) is 0 Å². The minimum Gasteiger partial charge on any atom is -0.480 e. The van der Waals surface area contributed by atoms with Crippen LogP contribution in [0.15, 0.2) is 18.2 Å². The van der Waals surface area contributed by atoms with E-state index in [-0.39, 0.29) is 31.3 Å². The highest BCUT2D eigenvalue weighted by molar-refractivity contribution is 5.75. The first-order valence-corrected chi connectivity index (χ1v) is 13.2. The van der Waals surface area contributed by atoms with Crippen LogP contribution in [0.2, 0.25) is 0 Å². The summed E-state index contributed by atoms with van der Waals surface area (Å²) in [5.74, 6) is -3.18. The van der Waals surface area contributed by atoms with Crippen molar-refractivity contribution >= 4 is 24.4 Å². The molecule has 0 aliphatic rings. The first-order chi connectivity index (χ1) is 18.5. The number of carboxylic acid groups (broad SMARTS) is 1. The van der Waals surface area contributed by atoms with Crippen molar-refractivity contribution in [3.63, 3.8) is 0 Å². The van der Waals surface area contributed by atoms with Crippen LogP contribution < -0.4 is 15.2 Å². The third-order valence-corrected chi connectivity index (χ3v) is 5.86. The summed E-state index contributed by atoms with van der Waals surface area (Å²) in [7, 11) is 0. The minimum absolute atomic E-state index is 0.122. The van der Waals surface area contributed by atoms with Gasteiger partial charge in [0, 0.05) is 11.8 Å². The van der Waals surface area contributed by atoms with Gasteiger partial charge in [-0.2, -0.15) is 0 Å². The second-order valence-corrected chi connectivity index (χ2v) is 8.98. The van der Waals surface area contributed by atoms with E-state index in [1.54, 1.807) is 13.8 Å². The fourth-order valence-electron chi connectivity index (χ4n) is 3.50. The quantitative estimate of drug-likeness (QED) is 0.115. The lowest BCUT2D eigenvalue weighted by Crippen LogP contribution is -2.42. The smallest absolute Gasteiger partial charge is 0.480 e. The average Bonchev–Trinajstić information content (AvgIpc) is 2.89. The van der Waals surface area contributed by atoms with Gasteiger partial charge in [-0.15, -0.1) is 0 Å². The fraction of sp³-hybridized carbons (Fsp3) is 0.630. The van der Waals surface area contributed by atoms with E-state index in [0.29, 0.717) is 24.8 Å². The van der Waals surface area contributed by atoms with E-state index < -0.39 is 48.4 Å². The molecule has 0 radical (unpaired) electrons. The van der Waals surface area contributed by atoms with Gasteiger partial charge in [-0.25, -0.2) is 14.4 Å². The van der Waals surface area contributed by atoms with Crippen LogP contribution in [0.25, 0.3) is 0 Å². The Bertz CT molecular complexity index is 936. The topological polar surface area (TPSA) is 170 Å². The largest absolute Gasteiger partial charge is 0.513 e. The molecule has 0 heterocycles. The molecule has 220 valence electrons. The van der Waals surface area contributed by atoms with Crippen molar-refractivity contribution in [1.82, 2.24) is 0 Å². The second kappa shape index (κ2) is 17.9. The molecule has 1 aromatic rings. The highest BCUT2D eigenvalue weighted by Gasteiger charge is 2.36. The third kappa shape index (κ3) is 11.8. The Hall–Kier alpha value is -3.54. The molecular weight excluding hydrogens is 514 g/mol. The summed E-state index contributed by atoms with van der Waals surface area (Å²) in [5.41, 5.74) is 6.38. The summed E-state index contributed by atoms with van der Waals surface area (Å²) in [5, 5.41) is 9.71. The molecule has 0 aliphatic heterocycles. The molecule has 3 N–H and O–H groups in total. The number of unbranched alkanes of at least 4 members (excludes halogenated alkanes) is 2. The van der Waals surface area contributed by atoms with Crippen LogP contribution in [0, 0.1) is 5.92 Å². The Kier molecular flexibility index (Phi) is 15.3. The van der Waals surface area contributed by atoms with Crippen LogP contribution >= 0.6 is 0 Å². The van der Waals surface area contributed by atoms with E-state index in [9.17, 15) is 24.3 Å². The van der Waals surface area contributed by atoms with Crippen molar-refractivity contribution in [1.29, 1.82) is 0 Å². The predicted octanol–water partition coefficient (Wildman–Crippen LogP) is 5.40. The molecule has 12 heteroatoms. The molecule has 0 aromatic heterocycles. The number of aliphatic carboxylic acids is 1. The van der Waals surface area contributed by atoms with Crippen molar-refractivity contribution in [2.24, 2.45) is 11.7 Å². The van der Waals surface area contributed by atoms with Gasteiger partial charge in [-0.05, 0) is 43.9 Å². The molecule has 39 heavy (non-hydrogen) atoms. The summed E-state index contributed by atoms with van der Waals surface area (Å²) in [4.78, 5) is 48.3. The maximum atomic E-state index is 12.3. The van der Waals surface area contributed by atoms with Gasteiger partial charge in [0.2, 0.25) is 0 Å². The molecule has 0 fully saturated rings. The van der Waals surface area contributed by atoms with Crippen molar-refractivity contribution in [3.05, 3.63) is 23.8 Å². The molecule has 0 aliphatic carbocycles. The average molecular weight is 556 g/mol. The molecule has 0 bridgehead atoms. The van der Waals surface area contributed by atoms with Crippen LogP contribution in [0.1, 0.15) is 78.2 Å². The number of rotatable bonds is 16. The minimum atomic E-state index is -1.42. The fourth-order valence-corrected chi connectivity index (χ4v) is 3.50. The SMILES string of the molecule is CCCCOC(=O)Oc1ccc(C(C(C)C(C)OC(=O)OCCC)[C@H](N)C(=O)O)cc1OC(=O)OCCCC. The Morgan fingerprint density at radius 1 is 0.795 bits per heavy atom. The zero-order valence-electron chi connectivity index (χ0n) is 23.3. The van der Waals surface area contributed by atoms with E-state index in [1.807, 2.05) is 20.8 Å². The van der Waals surface area contributed by atoms with Gasteiger partial charge < -0.3 is 39.3 Å². The summed E-state index contributed by atoms with van der Waals surface area (Å²) in [6.07, 6.45) is -0.251. The van der Waals surface area contributed by atoms with Crippen molar-refractivity contribution in [2.45, 2.75) is 84.8 Å². The lowest BCUT2D eigenvalue weighted by molar-refractivity contribution is -0.139. The van der Waals surface area contributed by atoms with Crippen LogP contribution in [0.5, 0.6) is 11.5 Å². The molecule has 1 aromatic carbocycles. The van der Waals surface area contributed by atoms with Gasteiger partial charge in [0.1, 0.15) is 12.1 Å². The lowest BCUT2D eigenvalue weighted by atomic mass is 9.79. The number of carbonyl (C=O) groups excluding carboxylic acids is 3. The molecule has 1 rings (SSSR count). The molecule has 4 atom stereocenters. The summed E-state index contributed by atoms with van der Waals surface area (Å²) in [6, 6.07) is 2.73. The number of benzene rings is 1. The number of nitrogens with two attached hydrogens (primary N) is 1. The molecule has 0 spiro atoms. The highest BCUT2D eigenvalue weighted by Crippen LogP contribution is 2.37. The van der Waals surface area contributed by atoms with E-state index in [1.165, 1.54) is 18.2 Å². The first-order valence-electron chi connectivity index (χ1n) is 13.2. The van der Waals surface area contributed by atoms with Crippen LogP contribution in [-0.2, 0) is 23.7 Å². The predicted molar refractivity (Wildman–Crippen MR) is 140 cm³/mol. The highest BCUT2D eigenvalue weighted by atomic mass is 16.7. The van der Waals surface area contributed by atoms with Gasteiger partial charge in [0.15, 0.2) is 11.5 Å². The van der Waals surface area contributed by atoms with Crippen LogP contribution in [-0.4, -0.2) is 61.5 Å². The number of carbonyl (C=O) groups is 4. The molecule has 12 nitrogen and oxygen atoms in total. The van der Waals surface area contributed by atoms with E-state index in [0.717, 1.165) is 12.8 Å². The number of ether oxygens (including phenoxy) is 6. The van der Waals surface area contributed by atoms with Gasteiger partial charge in [-0.1, -0.05) is 46.6 Å². The zero-order chi connectivity index (χ0) is 29.4. The Morgan fingerprint density at radius 3 is 1.85 bits per heavy atom. The van der Waals surface area contributed by atoms with Gasteiger partial charge >= 0.3 is 24.4 Å². The third-order valence-electron chi connectivity index (χ3n) is 5.86. The molecule has 3 unspecified atom stereocenters. The molecular formula is C27H41NO11. The number of carboxylic acids is 1. The summed E-state index contributed by atoms with van der Waals surface area (Å²) >= 11 is 0. The molecule has 0 amide bonds. The van der Waals surface area contributed by atoms with Crippen molar-refractivity contribution < 1.29 is 52.7 Å². The number of hydrogen-bond donors (Lipinski definition) is 2. The van der Waals surface area contributed by atoms with E-state index in [2.05, 4.69) is 0 Å². The maximum absolute atomic E-state index is 12.3. The van der Waals surface area contributed by atoms with Gasteiger partial charge in [0.05, 0.1) is 19.8 Å². The van der Waals surface area contributed by atoms with Gasteiger partial charge in [-0.3, -0.25) is 4.79 Å². The monoisotopic (exact) mass is 555 g/mol. The van der Waals surface area contributed by atoms with Crippen LogP contribution in [0.4, 0.5) is 14.4 Å².